The molecule has 0 aliphatic heterocycles. The van der Waals surface area contributed by atoms with Gasteiger partial charge in [-0.2, -0.15) is 30.7 Å². The van der Waals surface area contributed by atoms with Gasteiger partial charge >= 0.3 is 24.0 Å². The van der Waals surface area contributed by atoms with Crippen molar-refractivity contribution in [1.29, 1.82) is 0 Å². The van der Waals surface area contributed by atoms with E-state index in [9.17, 15) is 35.5 Å². The predicted molar refractivity (Wildman–Crippen MR) is 127 cm³/mol. The number of esters is 1. The lowest BCUT2D eigenvalue weighted by Gasteiger charge is -2.27. The molecule has 0 aliphatic carbocycles. The molecule has 2 aromatic rings. The Balaban J connectivity index is 1.76. The third-order valence-corrected chi connectivity index (χ3v) is 5.63. The number of ether oxygens (including phenoxy) is 3. The monoisotopic (exact) mass is 552 g/mol. The molecule has 11 heteroatoms. The average Bonchev–Trinajstić information content (AvgIpc) is 2.87. The Bertz CT molecular complexity index is 974. The van der Waals surface area contributed by atoms with Crippen LogP contribution in [0.4, 0.5) is 30.7 Å². The number of unbranched alkanes of at least 4 members (excludes halogenated alkanes) is 7. The summed E-state index contributed by atoms with van der Waals surface area (Å²) in [5, 5.41) is 0. The number of halogens is 7. The minimum absolute atomic E-state index is 0.0234. The van der Waals surface area contributed by atoms with E-state index in [2.05, 4.69) is 11.7 Å². The minimum Gasteiger partial charge on any atom is -0.494 e. The van der Waals surface area contributed by atoms with Crippen molar-refractivity contribution in [1.82, 2.24) is 0 Å². The van der Waals surface area contributed by atoms with E-state index in [-0.39, 0.29) is 11.3 Å². The third-order valence-electron chi connectivity index (χ3n) is 5.63. The van der Waals surface area contributed by atoms with E-state index in [1.165, 1.54) is 50.7 Å². The Labute approximate surface area is 217 Å². The molecule has 2 rings (SSSR count). The molecule has 0 saturated heterocycles. The van der Waals surface area contributed by atoms with Crippen LogP contribution in [0.1, 0.15) is 68.6 Å². The summed E-state index contributed by atoms with van der Waals surface area (Å²) in [6.07, 6.45) is 3.02. The molecule has 0 fully saturated rings. The summed E-state index contributed by atoms with van der Waals surface area (Å²) >= 11 is 0. The van der Waals surface area contributed by atoms with Crippen molar-refractivity contribution in [3.8, 4) is 17.2 Å². The van der Waals surface area contributed by atoms with Gasteiger partial charge in [0.15, 0.2) is 6.61 Å². The lowest BCUT2D eigenvalue weighted by atomic mass is 10.1. The second-order valence-electron chi connectivity index (χ2n) is 8.77. The van der Waals surface area contributed by atoms with Crippen LogP contribution in [0.15, 0.2) is 48.5 Å². The summed E-state index contributed by atoms with van der Waals surface area (Å²) < 4.78 is 104. The van der Waals surface area contributed by atoms with Crippen molar-refractivity contribution in [3.05, 3.63) is 54.1 Å². The van der Waals surface area contributed by atoms with E-state index in [1.54, 1.807) is 12.1 Å². The first-order chi connectivity index (χ1) is 17.9. The molecule has 4 nitrogen and oxygen atoms in total. The topological polar surface area (TPSA) is 44.8 Å². The lowest BCUT2D eigenvalue weighted by molar-refractivity contribution is -0.358. The first-order valence-corrected chi connectivity index (χ1v) is 12.4. The van der Waals surface area contributed by atoms with Gasteiger partial charge in [0, 0.05) is 0 Å². The molecule has 2 aromatic carbocycles. The van der Waals surface area contributed by atoms with Gasteiger partial charge in [-0.1, -0.05) is 51.9 Å². The predicted octanol–water partition coefficient (Wildman–Crippen LogP) is 8.64. The quantitative estimate of drug-likeness (QED) is 0.0905. The van der Waals surface area contributed by atoms with Gasteiger partial charge in [-0.3, -0.25) is 0 Å². The average molecular weight is 553 g/mol. The highest BCUT2D eigenvalue weighted by atomic mass is 19.4. The normalized spacial score (nSPS) is 12.3. The summed E-state index contributed by atoms with van der Waals surface area (Å²) in [7, 11) is 0. The van der Waals surface area contributed by atoms with Crippen LogP contribution in [0.3, 0.4) is 0 Å². The van der Waals surface area contributed by atoms with Crippen molar-refractivity contribution in [2.75, 3.05) is 13.2 Å². The highest BCUT2D eigenvalue weighted by molar-refractivity contribution is 5.91. The van der Waals surface area contributed by atoms with E-state index in [0.717, 1.165) is 37.1 Å². The highest BCUT2D eigenvalue weighted by Gasteiger charge is 2.73. The molecule has 0 atom stereocenters. The Morgan fingerprint density at radius 2 is 1.13 bits per heavy atom. The number of benzene rings is 2. The molecule has 0 unspecified atom stereocenters. The zero-order valence-corrected chi connectivity index (χ0v) is 21.0. The Morgan fingerprint density at radius 1 is 0.658 bits per heavy atom. The smallest absolute Gasteiger partial charge is 0.460 e. The molecule has 0 radical (unpaired) electrons. The number of hydrogen-bond acceptors (Lipinski definition) is 4. The van der Waals surface area contributed by atoms with E-state index in [1.807, 2.05) is 0 Å². The second kappa shape index (κ2) is 14.2. The Kier molecular flexibility index (Phi) is 11.7. The maximum absolute atomic E-state index is 13.3. The molecule has 0 N–H and O–H groups in total. The van der Waals surface area contributed by atoms with E-state index < -0.39 is 36.3 Å². The number of alkyl halides is 7. The largest absolute Gasteiger partial charge is 0.494 e. The zero-order chi connectivity index (χ0) is 28.2. The van der Waals surface area contributed by atoms with Crippen molar-refractivity contribution in [2.24, 2.45) is 0 Å². The first kappa shape index (κ1) is 31.2. The number of rotatable bonds is 16. The molecular formula is C27H31F7O4. The van der Waals surface area contributed by atoms with Gasteiger partial charge in [-0.05, 0) is 55.0 Å². The molecule has 0 amide bonds. The van der Waals surface area contributed by atoms with Crippen LogP contribution in [0.2, 0.25) is 0 Å². The van der Waals surface area contributed by atoms with Crippen molar-refractivity contribution < 1.29 is 49.7 Å². The van der Waals surface area contributed by atoms with Crippen LogP contribution in [0.25, 0.3) is 0 Å². The lowest BCUT2D eigenvalue weighted by Crippen LogP contribution is -2.54. The van der Waals surface area contributed by atoms with Gasteiger partial charge < -0.3 is 14.2 Å². The van der Waals surface area contributed by atoms with Crippen molar-refractivity contribution in [2.45, 2.75) is 76.3 Å². The van der Waals surface area contributed by atoms with Crippen molar-refractivity contribution in [3.63, 3.8) is 0 Å². The van der Waals surface area contributed by atoms with Gasteiger partial charge in [0.2, 0.25) is 0 Å². The minimum atomic E-state index is -6.44. The summed E-state index contributed by atoms with van der Waals surface area (Å²) in [5.74, 6) is -12.3. The number of carbonyl (C=O) groups is 1. The van der Waals surface area contributed by atoms with Gasteiger partial charge in [0.1, 0.15) is 17.2 Å². The first-order valence-electron chi connectivity index (χ1n) is 12.4. The molecule has 38 heavy (non-hydrogen) atoms. The van der Waals surface area contributed by atoms with E-state index in [0.29, 0.717) is 12.4 Å². The van der Waals surface area contributed by atoms with Crippen LogP contribution >= 0.6 is 0 Å². The molecule has 0 heterocycles. The van der Waals surface area contributed by atoms with Gasteiger partial charge in [-0.15, -0.1) is 0 Å². The van der Waals surface area contributed by atoms with Gasteiger partial charge in [0.25, 0.3) is 0 Å². The van der Waals surface area contributed by atoms with E-state index in [4.69, 9.17) is 9.47 Å². The molecule has 0 aromatic heterocycles. The fourth-order valence-electron chi connectivity index (χ4n) is 3.36. The van der Waals surface area contributed by atoms with Crippen LogP contribution in [-0.2, 0) is 0 Å². The van der Waals surface area contributed by atoms with Crippen LogP contribution in [-0.4, -0.2) is 37.2 Å². The number of hydrogen-bond donors (Lipinski definition) is 0. The van der Waals surface area contributed by atoms with Gasteiger partial charge in [0.05, 0.1) is 12.2 Å². The highest BCUT2D eigenvalue weighted by Crippen LogP contribution is 2.46. The molecule has 0 bridgehead atoms. The van der Waals surface area contributed by atoms with Crippen LogP contribution < -0.4 is 14.2 Å². The van der Waals surface area contributed by atoms with E-state index >= 15 is 0 Å². The Hall–Kier alpha value is -2.98. The SMILES string of the molecule is CCCCCCCCCCOc1ccc(C(=O)Oc2ccc(OCC(F)(F)C(F)(F)C(F)(F)F)cc2)cc1. The summed E-state index contributed by atoms with van der Waals surface area (Å²) in [4.78, 5) is 12.3. The summed E-state index contributed by atoms with van der Waals surface area (Å²) in [6.45, 7) is 0.547. The van der Waals surface area contributed by atoms with Gasteiger partial charge in [-0.25, -0.2) is 4.79 Å². The number of carbonyl (C=O) groups excluding carboxylic acids is 1. The standard InChI is InChI=1S/C27H31F7O4/c1-2-3-4-5-6-7-8-9-18-36-21-12-10-20(11-13-21)24(35)38-23-16-14-22(15-17-23)37-19-25(28,29)26(30,31)27(32,33)34/h10-17H,2-9,18-19H2,1H3. The van der Waals surface area contributed by atoms with Crippen LogP contribution in [0.5, 0.6) is 17.2 Å². The maximum Gasteiger partial charge on any atom is 0.460 e. The summed E-state index contributed by atoms with van der Waals surface area (Å²) in [6, 6.07) is 10.5. The fraction of sp³-hybridized carbons (Fsp3) is 0.519. The second-order valence-corrected chi connectivity index (χ2v) is 8.77. The molecule has 0 spiro atoms. The molecule has 0 saturated carbocycles. The molecule has 212 valence electrons. The zero-order valence-electron chi connectivity index (χ0n) is 21.0. The fourth-order valence-corrected chi connectivity index (χ4v) is 3.36. The third kappa shape index (κ3) is 9.40. The molecule has 0 aliphatic rings. The molecular weight excluding hydrogens is 521 g/mol. The summed E-state index contributed by atoms with van der Waals surface area (Å²) in [5.41, 5.74) is 0.207. The Morgan fingerprint density at radius 3 is 1.68 bits per heavy atom. The van der Waals surface area contributed by atoms with Crippen LogP contribution in [0, 0.1) is 0 Å². The van der Waals surface area contributed by atoms with Crippen molar-refractivity contribution >= 4 is 5.97 Å². The maximum atomic E-state index is 13.3.